The summed E-state index contributed by atoms with van der Waals surface area (Å²) in [5.74, 6) is -0.248. The largest absolute Gasteiger partial charge is 0.469 e. The molecule has 0 unspecified atom stereocenters. The van der Waals surface area contributed by atoms with Gasteiger partial charge in [0.05, 0.1) is 13.5 Å². The van der Waals surface area contributed by atoms with Crippen LogP contribution >= 0.6 is 11.3 Å². The third-order valence-electron chi connectivity index (χ3n) is 1.79. The molecule has 76 valence electrons. The second kappa shape index (κ2) is 5.54. The number of carbonyl (C=O) groups excluding carboxylic acids is 2. The van der Waals surface area contributed by atoms with Gasteiger partial charge in [-0.3, -0.25) is 9.59 Å². The lowest BCUT2D eigenvalue weighted by atomic mass is 10.1. The minimum atomic E-state index is -0.329. The van der Waals surface area contributed by atoms with Gasteiger partial charge in [-0.1, -0.05) is 6.07 Å². The number of hydrogen-bond acceptors (Lipinski definition) is 4. The smallest absolute Gasteiger partial charge is 0.305 e. The maximum absolute atomic E-state index is 11.3. The Hall–Kier alpha value is -1.16. The highest BCUT2D eigenvalue weighted by Crippen LogP contribution is 2.10. The molecule has 0 saturated heterocycles. The highest BCUT2D eigenvalue weighted by molar-refractivity contribution is 7.10. The number of ether oxygens (including phenoxy) is 1. The van der Waals surface area contributed by atoms with Gasteiger partial charge in [0.1, 0.15) is 5.78 Å². The van der Waals surface area contributed by atoms with Crippen LogP contribution in [-0.4, -0.2) is 18.9 Å². The van der Waals surface area contributed by atoms with Gasteiger partial charge in [0, 0.05) is 17.7 Å². The van der Waals surface area contributed by atoms with Gasteiger partial charge in [-0.15, -0.1) is 11.3 Å². The Morgan fingerprint density at radius 3 is 2.79 bits per heavy atom. The molecule has 0 amide bonds. The lowest BCUT2D eigenvalue weighted by Gasteiger charge is -1.98. The van der Waals surface area contributed by atoms with Crippen molar-refractivity contribution in [2.24, 2.45) is 0 Å². The van der Waals surface area contributed by atoms with Crippen LogP contribution in [0.1, 0.15) is 17.7 Å². The number of esters is 1. The van der Waals surface area contributed by atoms with Crippen LogP contribution in [0, 0.1) is 0 Å². The average Bonchev–Trinajstić information content (AvgIpc) is 2.66. The van der Waals surface area contributed by atoms with Crippen molar-refractivity contribution < 1.29 is 14.3 Å². The number of ketones is 1. The highest BCUT2D eigenvalue weighted by atomic mass is 32.1. The van der Waals surface area contributed by atoms with Crippen molar-refractivity contribution in [3.8, 4) is 0 Å². The Balaban J connectivity index is 2.26. The second-order valence-electron chi connectivity index (χ2n) is 2.87. The first-order chi connectivity index (χ1) is 6.72. The van der Waals surface area contributed by atoms with Gasteiger partial charge < -0.3 is 4.74 Å². The topological polar surface area (TPSA) is 43.4 Å². The van der Waals surface area contributed by atoms with Crippen LogP contribution in [-0.2, 0) is 20.7 Å². The Morgan fingerprint density at radius 2 is 2.21 bits per heavy atom. The number of hydrogen-bond donors (Lipinski definition) is 0. The van der Waals surface area contributed by atoms with Crippen molar-refractivity contribution in [1.82, 2.24) is 0 Å². The van der Waals surface area contributed by atoms with Gasteiger partial charge in [-0.25, -0.2) is 0 Å². The van der Waals surface area contributed by atoms with E-state index in [1.807, 2.05) is 17.5 Å². The average molecular weight is 212 g/mol. The van der Waals surface area contributed by atoms with Crippen molar-refractivity contribution in [2.45, 2.75) is 19.3 Å². The van der Waals surface area contributed by atoms with Crippen LogP contribution in [0.3, 0.4) is 0 Å². The quantitative estimate of drug-likeness (QED) is 0.699. The highest BCUT2D eigenvalue weighted by Gasteiger charge is 2.07. The van der Waals surface area contributed by atoms with Crippen molar-refractivity contribution in [3.05, 3.63) is 22.4 Å². The summed E-state index contributed by atoms with van der Waals surface area (Å²) in [5.41, 5.74) is 0. The zero-order chi connectivity index (χ0) is 10.4. The number of thiophene rings is 1. The molecule has 14 heavy (non-hydrogen) atoms. The molecule has 0 N–H and O–H groups in total. The third kappa shape index (κ3) is 3.70. The number of methoxy groups -OCH3 is 1. The molecule has 0 atom stereocenters. The lowest BCUT2D eigenvalue weighted by molar-refractivity contribution is -0.141. The summed E-state index contributed by atoms with van der Waals surface area (Å²) < 4.78 is 4.45. The van der Waals surface area contributed by atoms with Crippen LogP contribution < -0.4 is 0 Å². The molecule has 0 aliphatic rings. The third-order valence-corrected chi connectivity index (χ3v) is 2.66. The fraction of sp³-hybridized carbons (Fsp3) is 0.400. The van der Waals surface area contributed by atoms with Gasteiger partial charge in [0.15, 0.2) is 0 Å². The van der Waals surface area contributed by atoms with E-state index in [-0.39, 0.29) is 24.6 Å². The van der Waals surface area contributed by atoms with Crippen LogP contribution in [0.4, 0.5) is 0 Å². The maximum Gasteiger partial charge on any atom is 0.305 e. The second-order valence-corrected chi connectivity index (χ2v) is 3.90. The zero-order valence-electron chi connectivity index (χ0n) is 7.99. The van der Waals surface area contributed by atoms with E-state index in [9.17, 15) is 9.59 Å². The lowest BCUT2D eigenvalue weighted by Crippen LogP contribution is -2.07. The molecule has 1 aromatic rings. The van der Waals surface area contributed by atoms with E-state index >= 15 is 0 Å². The molecular formula is C10H12O3S. The molecule has 3 nitrogen and oxygen atoms in total. The Morgan fingerprint density at radius 1 is 1.43 bits per heavy atom. The molecule has 0 aliphatic carbocycles. The standard InChI is InChI=1S/C10H12O3S/c1-13-10(12)5-4-8(11)7-9-3-2-6-14-9/h2-3,6H,4-5,7H2,1H3. The molecule has 1 aromatic heterocycles. The van der Waals surface area contributed by atoms with E-state index in [0.717, 1.165) is 4.88 Å². The molecule has 0 saturated carbocycles. The van der Waals surface area contributed by atoms with Crippen molar-refractivity contribution in [2.75, 3.05) is 7.11 Å². The molecule has 0 bridgehead atoms. The first-order valence-electron chi connectivity index (χ1n) is 4.33. The summed E-state index contributed by atoms with van der Waals surface area (Å²) in [6.45, 7) is 0. The SMILES string of the molecule is COC(=O)CCC(=O)Cc1cccs1. The van der Waals surface area contributed by atoms with E-state index in [1.54, 1.807) is 11.3 Å². The molecule has 0 aromatic carbocycles. The normalized spacial score (nSPS) is 9.79. The van der Waals surface area contributed by atoms with Crippen molar-refractivity contribution in [3.63, 3.8) is 0 Å². The molecule has 0 aliphatic heterocycles. The maximum atomic E-state index is 11.3. The van der Waals surface area contributed by atoms with Gasteiger partial charge in [0.25, 0.3) is 0 Å². The summed E-state index contributed by atoms with van der Waals surface area (Å²) in [4.78, 5) is 23.1. The fourth-order valence-corrected chi connectivity index (χ4v) is 1.77. The molecule has 0 fully saturated rings. The van der Waals surface area contributed by atoms with Crippen LogP contribution in [0.5, 0.6) is 0 Å². The summed E-state index contributed by atoms with van der Waals surface area (Å²) in [5, 5.41) is 1.93. The monoisotopic (exact) mass is 212 g/mol. The van der Waals surface area contributed by atoms with Crippen LogP contribution in [0.15, 0.2) is 17.5 Å². The molecule has 1 heterocycles. The zero-order valence-corrected chi connectivity index (χ0v) is 8.80. The van der Waals surface area contributed by atoms with Crippen LogP contribution in [0.25, 0.3) is 0 Å². The molecule has 1 rings (SSSR count). The predicted octanol–water partition coefficient (Wildman–Crippen LogP) is 1.81. The summed E-state index contributed by atoms with van der Waals surface area (Å²) in [7, 11) is 1.33. The predicted molar refractivity (Wildman–Crippen MR) is 54.3 cm³/mol. The number of Topliss-reactive ketones (excluding diaryl/α,β-unsaturated/α-hetero) is 1. The first kappa shape index (κ1) is 10.9. The number of rotatable bonds is 5. The molecule has 0 radical (unpaired) electrons. The molecule has 4 heteroatoms. The fourth-order valence-electron chi connectivity index (χ4n) is 1.04. The number of carbonyl (C=O) groups is 2. The molecule has 0 spiro atoms. The minimum absolute atomic E-state index is 0.0813. The van der Waals surface area contributed by atoms with Gasteiger partial charge in [0.2, 0.25) is 0 Å². The van der Waals surface area contributed by atoms with Gasteiger partial charge in [-0.2, -0.15) is 0 Å². The Bertz CT molecular complexity index is 303. The summed E-state index contributed by atoms with van der Waals surface area (Å²) in [6.07, 6.45) is 0.875. The Kier molecular flexibility index (Phi) is 4.32. The van der Waals surface area contributed by atoms with E-state index in [1.165, 1.54) is 7.11 Å². The van der Waals surface area contributed by atoms with E-state index in [2.05, 4.69) is 4.74 Å². The molecular weight excluding hydrogens is 200 g/mol. The van der Waals surface area contributed by atoms with E-state index in [4.69, 9.17) is 0 Å². The van der Waals surface area contributed by atoms with Gasteiger partial charge >= 0.3 is 5.97 Å². The van der Waals surface area contributed by atoms with E-state index in [0.29, 0.717) is 6.42 Å². The van der Waals surface area contributed by atoms with E-state index < -0.39 is 0 Å². The van der Waals surface area contributed by atoms with Gasteiger partial charge in [-0.05, 0) is 11.4 Å². The van der Waals surface area contributed by atoms with Crippen molar-refractivity contribution in [1.29, 1.82) is 0 Å². The van der Waals surface area contributed by atoms with Crippen molar-refractivity contribution >= 4 is 23.1 Å². The summed E-state index contributed by atoms with van der Waals surface area (Å²) in [6, 6.07) is 3.83. The minimum Gasteiger partial charge on any atom is -0.469 e. The first-order valence-corrected chi connectivity index (χ1v) is 5.21. The Labute approximate surface area is 86.7 Å². The van der Waals surface area contributed by atoms with Crippen LogP contribution in [0.2, 0.25) is 0 Å². The summed E-state index contributed by atoms with van der Waals surface area (Å²) >= 11 is 1.55.